The van der Waals surface area contributed by atoms with Crippen LogP contribution in [0.15, 0.2) is 22.3 Å². The monoisotopic (exact) mass is 560 g/mol. The maximum Gasteiger partial charge on any atom is 0.354 e. The fraction of sp³-hybridized carbons (Fsp3) is 0.524. The van der Waals surface area contributed by atoms with Gasteiger partial charge in [-0.2, -0.15) is 0 Å². The molecule has 0 radical (unpaired) electrons. The number of halogens is 1. The van der Waals surface area contributed by atoms with Gasteiger partial charge in [0.1, 0.15) is 36.5 Å². The second kappa shape index (κ2) is 13.6. The summed E-state index contributed by atoms with van der Waals surface area (Å²) in [6.45, 7) is 7.95. The number of carbonyl (C=O) groups is 4. The van der Waals surface area contributed by atoms with Gasteiger partial charge in [-0.15, -0.1) is 35.5 Å². The van der Waals surface area contributed by atoms with Crippen LogP contribution in [0.25, 0.3) is 0 Å². The molecule has 0 bridgehead atoms. The van der Waals surface area contributed by atoms with Crippen molar-refractivity contribution in [1.82, 2.24) is 20.1 Å². The Balaban J connectivity index is 0.00000456. The zero-order chi connectivity index (χ0) is 25.5. The second-order valence-corrected chi connectivity index (χ2v) is 9.48. The minimum atomic E-state index is -0.852. The van der Waals surface area contributed by atoms with E-state index in [2.05, 4.69) is 25.7 Å². The number of thioether (sulfide) groups is 1. The number of aromatic nitrogens is 1. The fourth-order valence-corrected chi connectivity index (χ4v) is 5.44. The number of hydrogen-bond donors (Lipinski definition) is 2. The van der Waals surface area contributed by atoms with E-state index in [9.17, 15) is 19.2 Å². The quantitative estimate of drug-likeness (QED) is 0.176. The zero-order valence-electron chi connectivity index (χ0n) is 20.3. The Labute approximate surface area is 223 Å². The molecule has 1 saturated heterocycles. The van der Waals surface area contributed by atoms with Crippen LogP contribution in [0.5, 0.6) is 0 Å². The molecule has 0 aliphatic carbocycles. The van der Waals surface area contributed by atoms with Crippen molar-refractivity contribution >= 4 is 70.0 Å². The molecule has 1 aromatic rings. The third kappa shape index (κ3) is 6.75. The average molecular weight is 561 g/mol. The zero-order valence-corrected chi connectivity index (χ0v) is 22.8. The van der Waals surface area contributed by atoms with Crippen LogP contribution in [0.4, 0.5) is 5.13 Å². The molecule has 2 aliphatic heterocycles. The molecule has 2 aliphatic rings. The van der Waals surface area contributed by atoms with Crippen molar-refractivity contribution in [2.75, 3.05) is 44.4 Å². The highest BCUT2D eigenvalue weighted by molar-refractivity contribution is 8.00. The number of nitrogens with zero attached hydrogens (tertiary/aromatic N) is 4. The highest BCUT2D eigenvalue weighted by Gasteiger charge is 2.53. The van der Waals surface area contributed by atoms with Gasteiger partial charge in [-0.1, -0.05) is 19.0 Å². The topological polar surface area (TPSA) is 143 Å². The lowest BCUT2D eigenvalue weighted by Crippen LogP contribution is -2.70. The van der Waals surface area contributed by atoms with Crippen LogP contribution in [0.3, 0.4) is 0 Å². The lowest BCUT2D eigenvalue weighted by Gasteiger charge is -2.48. The van der Waals surface area contributed by atoms with E-state index in [1.165, 1.54) is 30.7 Å². The van der Waals surface area contributed by atoms with Crippen molar-refractivity contribution in [1.29, 1.82) is 0 Å². The first-order chi connectivity index (χ1) is 16.8. The summed E-state index contributed by atoms with van der Waals surface area (Å²) in [7, 11) is 1.28. The van der Waals surface area contributed by atoms with E-state index in [4.69, 9.17) is 9.57 Å². The summed E-state index contributed by atoms with van der Waals surface area (Å²) in [5.41, 5.74) is 0.239. The number of fused-ring (bicyclic) bond motifs is 1. The Morgan fingerprint density at radius 1 is 1.31 bits per heavy atom. The number of anilines is 1. The number of β-lactam (4-membered cyclic amide) rings is 1. The maximum absolute atomic E-state index is 12.9. The smallest absolute Gasteiger partial charge is 0.354 e. The van der Waals surface area contributed by atoms with Gasteiger partial charge in [-0.3, -0.25) is 19.3 Å². The fourth-order valence-electron chi connectivity index (χ4n) is 3.51. The molecular formula is C21H29ClN6O6S2. The van der Waals surface area contributed by atoms with Crippen LogP contribution in [-0.4, -0.2) is 94.7 Å². The molecule has 15 heteroatoms. The summed E-state index contributed by atoms with van der Waals surface area (Å²) in [4.78, 5) is 62.1. The molecule has 2 unspecified atom stereocenters. The molecule has 0 spiro atoms. The third-order valence-corrected chi connectivity index (χ3v) is 7.25. The Morgan fingerprint density at radius 3 is 2.67 bits per heavy atom. The number of esters is 1. The number of rotatable bonds is 11. The number of oxime groups is 1. The van der Waals surface area contributed by atoms with E-state index in [1.54, 1.807) is 11.5 Å². The molecule has 12 nitrogen and oxygen atoms in total. The van der Waals surface area contributed by atoms with Crippen LogP contribution in [0.1, 0.15) is 26.5 Å². The first-order valence-corrected chi connectivity index (χ1v) is 12.9. The van der Waals surface area contributed by atoms with Crippen LogP contribution in [0.2, 0.25) is 0 Å². The van der Waals surface area contributed by atoms with Crippen molar-refractivity contribution < 1.29 is 28.8 Å². The number of nitrogens with one attached hydrogen (secondary N) is 2. The average Bonchev–Trinajstić information content (AvgIpc) is 3.29. The second-order valence-electron chi connectivity index (χ2n) is 7.48. The van der Waals surface area contributed by atoms with Crippen LogP contribution >= 0.6 is 35.5 Å². The molecule has 3 heterocycles. The molecule has 1 aromatic heterocycles. The van der Waals surface area contributed by atoms with Gasteiger partial charge in [0, 0.05) is 24.6 Å². The first-order valence-electron chi connectivity index (χ1n) is 11.0. The van der Waals surface area contributed by atoms with E-state index in [0.717, 1.165) is 24.4 Å². The third-order valence-electron chi connectivity index (χ3n) is 5.30. The van der Waals surface area contributed by atoms with Gasteiger partial charge in [0.25, 0.3) is 11.8 Å². The van der Waals surface area contributed by atoms with Crippen LogP contribution in [-0.2, 0) is 28.8 Å². The van der Waals surface area contributed by atoms with Crippen LogP contribution < -0.4 is 10.6 Å². The lowest BCUT2D eigenvalue weighted by molar-refractivity contribution is -0.152. The molecule has 1 fully saturated rings. The van der Waals surface area contributed by atoms with Crippen LogP contribution in [0, 0.1) is 0 Å². The van der Waals surface area contributed by atoms with Crippen molar-refractivity contribution in [3.8, 4) is 0 Å². The standard InChI is InChI=1S/C21H28N6O6S2.ClH/c1-5-26(6-2)8-9-33-20(31)14-7-10-34-19-16(18(30)27(14)19)24-17(29)15(25-32-4)13-11-35-21(23-13)22-12(3)28;/h7,11,16,19H,5-6,8-10H2,1-4H3,(H,24,29)(H,22,23,28);1H. The molecule has 0 saturated carbocycles. The van der Waals surface area contributed by atoms with Gasteiger partial charge >= 0.3 is 5.97 Å². The number of ether oxygens (including phenoxy) is 1. The summed E-state index contributed by atoms with van der Waals surface area (Å²) < 4.78 is 5.38. The number of hydrogen-bond acceptors (Lipinski definition) is 11. The minimum absolute atomic E-state index is 0. The predicted molar refractivity (Wildman–Crippen MR) is 139 cm³/mol. The molecule has 2 N–H and O–H groups in total. The molecule has 0 aromatic carbocycles. The Morgan fingerprint density at radius 2 is 2.03 bits per heavy atom. The summed E-state index contributed by atoms with van der Waals surface area (Å²) >= 11 is 2.54. The lowest BCUT2D eigenvalue weighted by atomic mass is 10.0. The van der Waals surface area contributed by atoms with E-state index in [1.807, 2.05) is 13.8 Å². The normalized spacial score (nSPS) is 18.9. The maximum atomic E-state index is 12.9. The van der Waals surface area contributed by atoms with E-state index in [0.29, 0.717) is 17.4 Å². The summed E-state index contributed by atoms with van der Waals surface area (Å²) in [6.07, 6.45) is 1.66. The van der Waals surface area contributed by atoms with Crippen molar-refractivity contribution in [2.45, 2.75) is 32.2 Å². The highest BCUT2D eigenvalue weighted by atomic mass is 35.5. The summed E-state index contributed by atoms with van der Waals surface area (Å²) in [5.74, 6) is -1.45. The van der Waals surface area contributed by atoms with E-state index >= 15 is 0 Å². The molecule has 3 rings (SSSR count). The Bertz CT molecular complexity index is 1040. The van der Waals surface area contributed by atoms with Gasteiger partial charge in [0.15, 0.2) is 10.8 Å². The molecule has 3 amide bonds. The number of thiazole rings is 1. The highest BCUT2D eigenvalue weighted by Crippen LogP contribution is 2.37. The van der Waals surface area contributed by atoms with E-state index in [-0.39, 0.29) is 42.0 Å². The van der Waals surface area contributed by atoms with Gasteiger partial charge in [-0.25, -0.2) is 9.78 Å². The minimum Gasteiger partial charge on any atom is -0.460 e. The number of amides is 3. The van der Waals surface area contributed by atoms with Crippen molar-refractivity contribution in [2.24, 2.45) is 5.16 Å². The van der Waals surface area contributed by atoms with Gasteiger partial charge < -0.3 is 25.1 Å². The first kappa shape index (κ1) is 29.5. The predicted octanol–water partition coefficient (Wildman–Crippen LogP) is 1.04. The van der Waals surface area contributed by atoms with Gasteiger partial charge in [0.05, 0.1) is 0 Å². The van der Waals surface area contributed by atoms with Crippen molar-refractivity contribution in [3.63, 3.8) is 0 Å². The molecular weight excluding hydrogens is 532 g/mol. The molecule has 2 atom stereocenters. The molecule has 36 heavy (non-hydrogen) atoms. The number of likely N-dealkylation sites (N-methyl/N-ethyl adjacent to an activating group) is 1. The number of carbonyl (C=O) groups excluding carboxylic acids is 4. The Hall–Kier alpha value is -2.68. The molecule has 198 valence electrons. The summed E-state index contributed by atoms with van der Waals surface area (Å²) in [5, 5.41) is 10.3. The van der Waals surface area contributed by atoms with Gasteiger partial charge in [-0.05, 0) is 19.2 Å². The largest absolute Gasteiger partial charge is 0.460 e. The SMILES string of the molecule is CCN(CC)CCOC(=O)C1=CCSC2C(NC(=O)C(=NOC)c3csc(NC(C)=O)n3)C(=O)N12.Cl. The summed E-state index contributed by atoms with van der Waals surface area (Å²) in [6, 6.07) is -0.852. The van der Waals surface area contributed by atoms with Gasteiger partial charge in [0.2, 0.25) is 5.91 Å². The van der Waals surface area contributed by atoms with E-state index < -0.39 is 29.2 Å². The van der Waals surface area contributed by atoms with Crippen molar-refractivity contribution in [3.05, 3.63) is 22.8 Å². The Kier molecular flexibility index (Phi) is 11.1.